The maximum Gasteiger partial charge on any atom is 0.123 e. The molecule has 0 aliphatic heterocycles. The van der Waals surface area contributed by atoms with Crippen LogP contribution < -0.4 is 5.32 Å². The van der Waals surface area contributed by atoms with Crippen molar-refractivity contribution < 1.29 is 4.39 Å². The molecule has 0 spiro atoms. The molecule has 2 aromatic rings. The second kappa shape index (κ2) is 7.21. The smallest absolute Gasteiger partial charge is 0.123 e. The van der Waals surface area contributed by atoms with E-state index in [1.807, 2.05) is 0 Å². The third-order valence-corrected chi connectivity index (χ3v) is 4.80. The second-order valence-electron chi connectivity index (χ2n) is 4.71. The van der Waals surface area contributed by atoms with E-state index in [0.717, 1.165) is 18.5 Å². The highest BCUT2D eigenvalue weighted by molar-refractivity contribution is 7.10. The summed E-state index contributed by atoms with van der Waals surface area (Å²) in [6, 6.07) is 6.92. The zero-order valence-corrected chi connectivity index (χ0v) is 13.3. The number of halogens is 2. The SMILES string of the molecule is CCNC(Cc1cc(F)ccc1Cl)c1sccc1CC. The van der Waals surface area contributed by atoms with Gasteiger partial charge >= 0.3 is 0 Å². The molecule has 0 bridgehead atoms. The number of hydrogen-bond acceptors (Lipinski definition) is 2. The molecule has 0 fully saturated rings. The van der Waals surface area contributed by atoms with E-state index in [2.05, 4.69) is 30.6 Å². The minimum atomic E-state index is -0.235. The Balaban J connectivity index is 2.27. The van der Waals surface area contributed by atoms with Crippen LogP contribution in [0.3, 0.4) is 0 Å². The number of thiophene rings is 1. The first-order valence-corrected chi connectivity index (χ1v) is 8.15. The van der Waals surface area contributed by atoms with Gasteiger partial charge in [0.15, 0.2) is 0 Å². The highest BCUT2D eigenvalue weighted by atomic mass is 35.5. The zero-order valence-electron chi connectivity index (χ0n) is 11.7. The van der Waals surface area contributed by atoms with Crippen LogP contribution in [0.5, 0.6) is 0 Å². The predicted octanol–water partition coefficient (Wildman–Crippen LogP) is 5.00. The van der Waals surface area contributed by atoms with Gasteiger partial charge in [-0.15, -0.1) is 11.3 Å². The molecule has 0 saturated carbocycles. The van der Waals surface area contributed by atoms with Crippen molar-refractivity contribution in [3.63, 3.8) is 0 Å². The van der Waals surface area contributed by atoms with Gasteiger partial charge in [-0.3, -0.25) is 0 Å². The molecule has 1 unspecified atom stereocenters. The number of likely N-dealkylation sites (N-methyl/N-ethyl adjacent to an activating group) is 1. The first-order valence-electron chi connectivity index (χ1n) is 6.89. The van der Waals surface area contributed by atoms with E-state index < -0.39 is 0 Å². The monoisotopic (exact) mass is 311 g/mol. The first kappa shape index (κ1) is 15.5. The number of nitrogens with one attached hydrogen (secondary N) is 1. The molecule has 0 saturated heterocycles. The molecule has 1 N–H and O–H groups in total. The van der Waals surface area contributed by atoms with E-state index in [9.17, 15) is 4.39 Å². The highest BCUT2D eigenvalue weighted by Gasteiger charge is 2.17. The molecule has 1 nitrogen and oxygen atoms in total. The van der Waals surface area contributed by atoms with E-state index in [0.29, 0.717) is 11.4 Å². The van der Waals surface area contributed by atoms with Gasteiger partial charge in [0.2, 0.25) is 0 Å². The van der Waals surface area contributed by atoms with Gasteiger partial charge in [0.25, 0.3) is 0 Å². The van der Waals surface area contributed by atoms with E-state index in [4.69, 9.17) is 11.6 Å². The Labute approximate surface area is 128 Å². The van der Waals surface area contributed by atoms with Gasteiger partial charge in [-0.25, -0.2) is 4.39 Å². The Morgan fingerprint density at radius 2 is 2.05 bits per heavy atom. The Morgan fingerprint density at radius 3 is 2.75 bits per heavy atom. The maximum absolute atomic E-state index is 13.4. The summed E-state index contributed by atoms with van der Waals surface area (Å²) in [5, 5.41) is 6.23. The molecule has 4 heteroatoms. The third kappa shape index (κ3) is 3.60. The van der Waals surface area contributed by atoms with Crippen molar-refractivity contribution in [3.05, 3.63) is 56.5 Å². The van der Waals surface area contributed by atoms with Crippen LogP contribution in [0.4, 0.5) is 4.39 Å². The van der Waals surface area contributed by atoms with Crippen molar-refractivity contribution >= 4 is 22.9 Å². The van der Waals surface area contributed by atoms with Crippen LogP contribution in [0.2, 0.25) is 5.02 Å². The summed E-state index contributed by atoms with van der Waals surface area (Å²) in [6.07, 6.45) is 1.72. The fourth-order valence-corrected chi connectivity index (χ4v) is 3.64. The molecule has 2 rings (SSSR count). The largest absolute Gasteiger partial charge is 0.309 e. The molecular weight excluding hydrogens is 293 g/mol. The van der Waals surface area contributed by atoms with Crippen molar-refractivity contribution in [1.82, 2.24) is 5.32 Å². The Kier molecular flexibility index (Phi) is 5.58. The standard InChI is InChI=1S/C16H19ClFNS/c1-3-11-7-8-20-16(11)15(19-4-2)10-12-9-13(18)5-6-14(12)17/h5-9,15,19H,3-4,10H2,1-2H3. The number of rotatable bonds is 6. The molecule has 0 amide bonds. The minimum absolute atomic E-state index is 0.189. The van der Waals surface area contributed by atoms with Gasteiger partial charge in [0.05, 0.1) is 0 Å². The highest BCUT2D eigenvalue weighted by Crippen LogP contribution is 2.30. The molecular formula is C16H19ClFNS. The molecule has 0 radical (unpaired) electrons. The van der Waals surface area contributed by atoms with Crippen LogP contribution in [0.15, 0.2) is 29.6 Å². The lowest BCUT2D eigenvalue weighted by molar-refractivity contribution is 0.551. The summed E-state index contributed by atoms with van der Waals surface area (Å²) in [5.74, 6) is -0.235. The predicted molar refractivity (Wildman–Crippen MR) is 85.2 cm³/mol. The fourth-order valence-electron chi connectivity index (χ4n) is 2.37. The van der Waals surface area contributed by atoms with Crippen LogP contribution in [-0.2, 0) is 12.8 Å². The van der Waals surface area contributed by atoms with Crippen LogP contribution in [-0.4, -0.2) is 6.54 Å². The first-order chi connectivity index (χ1) is 9.65. The number of benzene rings is 1. The summed E-state index contributed by atoms with van der Waals surface area (Å²) in [7, 11) is 0. The van der Waals surface area contributed by atoms with Crippen molar-refractivity contribution in [2.75, 3.05) is 6.54 Å². The summed E-state index contributed by atoms with van der Waals surface area (Å²) in [4.78, 5) is 1.33. The van der Waals surface area contributed by atoms with Crippen LogP contribution >= 0.6 is 22.9 Å². The van der Waals surface area contributed by atoms with E-state index in [-0.39, 0.29) is 11.9 Å². The Morgan fingerprint density at radius 1 is 1.25 bits per heavy atom. The minimum Gasteiger partial charge on any atom is -0.309 e. The average molecular weight is 312 g/mol. The van der Waals surface area contributed by atoms with Crippen LogP contribution in [0, 0.1) is 5.82 Å². The van der Waals surface area contributed by atoms with Gasteiger partial charge < -0.3 is 5.32 Å². The average Bonchev–Trinajstić information content (AvgIpc) is 2.90. The zero-order chi connectivity index (χ0) is 14.5. The Bertz CT molecular complexity index is 567. The topological polar surface area (TPSA) is 12.0 Å². The van der Waals surface area contributed by atoms with Crippen molar-refractivity contribution in [2.45, 2.75) is 32.7 Å². The van der Waals surface area contributed by atoms with Gasteiger partial charge in [-0.1, -0.05) is 25.4 Å². The van der Waals surface area contributed by atoms with Crippen LogP contribution in [0.1, 0.15) is 35.9 Å². The third-order valence-electron chi connectivity index (χ3n) is 3.36. The molecule has 1 heterocycles. The number of hydrogen-bond donors (Lipinski definition) is 1. The lowest BCUT2D eigenvalue weighted by Gasteiger charge is -2.19. The molecule has 1 aromatic heterocycles. The van der Waals surface area contributed by atoms with E-state index in [1.165, 1.54) is 22.6 Å². The molecule has 0 aliphatic carbocycles. The van der Waals surface area contributed by atoms with Gasteiger partial charge in [-0.05, 0) is 60.2 Å². The molecule has 1 atom stereocenters. The lowest BCUT2D eigenvalue weighted by atomic mass is 10.0. The second-order valence-corrected chi connectivity index (χ2v) is 6.07. The van der Waals surface area contributed by atoms with Gasteiger partial charge in [0.1, 0.15) is 5.82 Å². The normalized spacial score (nSPS) is 12.6. The number of aryl methyl sites for hydroxylation is 1. The Hall–Kier alpha value is -0.900. The molecule has 1 aromatic carbocycles. The quantitative estimate of drug-likeness (QED) is 0.792. The van der Waals surface area contributed by atoms with E-state index in [1.54, 1.807) is 17.4 Å². The summed E-state index contributed by atoms with van der Waals surface area (Å²) in [6.45, 7) is 5.11. The summed E-state index contributed by atoms with van der Waals surface area (Å²) in [5.41, 5.74) is 2.21. The van der Waals surface area contributed by atoms with Crippen LogP contribution in [0.25, 0.3) is 0 Å². The molecule has 0 aliphatic rings. The van der Waals surface area contributed by atoms with Gasteiger partial charge in [-0.2, -0.15) is 0 Å². The fraction of sp³-hybridized carbons (Fsp3) is 0.375. The lowest BCUT2D eigenvalue weighted by Crippen LogP contribution is -2.23. The van der Waals surface area contributed by atoms with E-state index >= 15 is 0 Å². The van der Waals surface area contributed by atoms with Crippen molar-refractivity contribution in [3.8, 4) is 0 Å². The summed E-state index contributed by atoms with van der Waals surface area (Å²) < 4.78 is 13.4. The summed E-state index contributed by atoms with van der Waals surface area (Å²) >= 11 is 7.94. The molecule has 108 valence electrons. The van der Waals surface area contributed by atoms with Crippen molar-refractivity contribution in [2.24, 2.45) is 0 Å². The maximum atomic E-state index is 13.4. The van der Waals surface area contributed by atoms with Gasteiger partial charge in [0, 0.05) is 15.9 Å². The van der Waals surface area contributed by atoms with Crippen molar-refractivity contribution in [1.29, 1.82) is 0 Å². The molecule has 20 heavy (non-hydrogen) atoms.